The maximum atomic E-state index is 12.8. The minimum absolute atomic E-state index is 0.164. The summed E-state index contributed by atoms with van der Waals surface area (Å²) in [6.45, 7) is 9.50. The SMILES string of the molecule is CC1COC2(OC3CC4C5CC=C6CC(OC7OC(CO)C(O)C(OC8OCC(O)C(O)C8O)C7OC7OC(C)C(O)C(O)C7O)CCC6(C)C5CCC4(C)C3(O)C2C)C(O)C1. The van der Waals surface area contributed by atoms with E-state index in [1.54, 1.807) is 0 Å². The molecule has 8 fully saturated rings. The fraction of sp³-hybridized carbons (Fsp3) is 0.955. The Morgan fingerprint density at radius 2 is 1.47 bits per heavy atom. The number of rotatable bonds is 7. The lowest BCUT2D eigenvalue weighted by Crippen LogP contribution is -2.66. The van der Waals surface area contributed by atoms with Crippen molar-refractivity contribution in [2.75, 3.05) is 19.8 Å². The monoisotopic (exact) mass is 886 g/mol. The van der Waals surface area contributed by atoms with E-state index in [4.69, 9.17) is 37.9 Å². The van der Waals surface area contributed by atoms with Gasteiger partial charge in [-0.2, -0.15) is 0 Å². The Morgan fingerprint density at radius 1 is 0.742 bits per heavy atom. The van der Waals surface area contributed by atoms with Crippen LogP contribution < -0.4 is 0 Å². The molecular formula is C44H70O18. The third kappa shape index (κ3) is 6.95. The van der Waals surface area contributed by atoms with Gasteiger partial charge in [-0.05, 0) is 87.4 Å². The first-order valence-electron chi connectivity index (χ1n) is 23.0. The molecule has 26 atom stereocenters. The van der Waals surface area contributed by atoms with E-state index in [-0.39, 0.29) is 17.3 Å². The van der Waals surface area contributed by atoms with Crippen molar-refractivity contribution in [3.8, 4) is 0 Å². The third-order valence-corrected chi connectivity index (χ3v) is 17.6. The summed E-state index contributed by atoms with van der Waals surface area (Å²) in [7, 11) is 0. The topological polar surface area (TPSA) is 276 Å². The molecule has 5 saturated heterocycles. The van der Waals surface area contributed by atoms with Gasteiger partial charge in [-0.25, -0.2) is 0 Å². The highest BCUT2D eigenvalue weighted by Gasteiger charge is 2.77. The van der Waals surface area contributed by atoms with Crippen molar-refractivity contribution in [2.45, 2.75) is 202 Å². The summed E-state index contributed by atoms with van der Waals surface area (Å²) in [5.74, 6) is -0.582. The molecule has 9 rings (SSSR count). The number of ether oxygens (including phenoxy) is 8. The molecular weight excluding hydrogens is 816 g/mol. The minimum Gasteiger partial charge on any atom is -0.394 e. The van der Waals surface area contributed by atoms with Gasteiger partial charge in [-0.1, -0.05) is 39.3 Å². The molecule has 5 heterocycles. The molecule has 0 bridgehead atoms. The fourth-order valence-corrected chi connectivity index (χ4v) is 13.8. The Bertz CT molecular complexity index is 1660. The molecule has 0 amide bonds. The zero-order valence-corrected chi connectivity index (χ0v) is 36.3. The molecule has 0 aromatic rings. The summed E-state index contributed by atoms with van der Waals surface area (Å²) in [5, 5.41) is 109. The summed E-state index contributed by atoms with van der Waals surface area (Å²) in [5.41, 5.74) is -0.510. The van der Waals surface area contributed by atoms with Crippen LogP contribution in [-0.2, 0) is 37.9 Å². The van der Waals surface area contributed by atoms with Crippen LogP contribution in [0.1, 0.15) is 86.0 Å². The van der Waals surface area contributed by atoms with E-state index >= 15 is 0 Å². The average Bonchev–Trinajstić information content (AvgIpc) is 3.61. The Labute approximate surface area is 362 Å². The van der Waals surface area contributed by atoms with E-state index in [1.807, 2.05) is 6.92 Å². The van der Waals surface area contributed by atoms with E-state index < -0.39 is 140 Å². The van der Waals surface area contributed by atoms with E-state index in [1.165, 1.54) is 12.5 Å². The van der Waals surface area contributed by atoms with Gasteiger partial charge in [0.1, 0.15) is 72.7 Å². The second-order valence-corrected chi connectivity index (χ2v) is 20.8. The minimum atomic E-state index is -1.75. The van der Waals surface area contributed by atoms with Gasteiger partial charge in [0.2, 0.25) is 0 Å². The molecule has 0 aromatic carbocycles. The Balaban J connectivity index is 0.943. The highest BCUT2D eigenvalue weighted by atomic mass is 16.8. The Morgan fingerprint density at radius 3 is 2.19 bits per heavy atom. The summed E-state index contributed by atoms with van der Waals surface area (Å²) in [6, 6.07) is 0. The van der Waals surface area contributed by atoms with Crippen LogP contribution in [0.4, 0.5) is 0 Å². The van der Waals surface area contributed by atoms with Gasteiger partial charge in [0, 0.05) is 11.3 Å². The molecule has 4 aliphatic carbocycles. The van der Waals surface area contributed by atoms with E-state index in [2.05, 4.69) is 26.8 Å². The van der Waals surface area contributed by atoms with Crippen LogP contribution in [0.2, 0.25) is 0 Å². The van der Waals surface area contributed by atoms with Crippen LogP contribution in [0.3, 0.4) is 0 Å². The highest BCUT2D eigenvalue weighted by Crippen LogP contribution is 2.72. The van der Waals surface area contributed by atoms with E-state index in [0.717, 1.165) is 25.7 Å². The van der Waals surface area contributed by atoms with Gasteiger partial charge >= 0.3 is 0 Å². The molecule has 354 valence electrons. The second-order valence-electron chi connectivity index (χ2n) is 20.8. The maximum absolute atomic E-state index is 12.8. The van der Waals surface area contributed by atoms with E-state index in [0.29, 0.717) is 44.1 Å². The number of fused-ring (bicyclic) bond motifs is 7. The Hall–Kier alpha value is -0.980. The predicted octanol–water partition coefficient (Wildman–Crippen LogP) is -1.06. The smallest absolute Gasteiger partial charge is 0.200 e. The Kier molecular flexibility index (Phi) is 12.4. The molecule has 62 heavy (non-hydrogen) atoms. The average molecular weight is 887 g/mol. The van der Waals surface area contributed by atoms with Gasteiger partial charge in [-0.15, -0.1) is 0 Å². The first kappa shape index (κ1) is 46.1. The van der Waals surface area contributed by atoms with Crippen molar-refractivity contribution in [3.05, 3.63) is 11.6 Å². The van der Waals surface area contributed by atoms with Gasteiger partial charge in [0.05, 0.1) is 38.1 Å². The summed E-state index contributed by atoms with van der Waals surface area (Å²) in [4.78, 5) is 0. The highest BCUT2D eigenvalue weighted by molar-refractivity contribution is 5.29. The summed E-state index contributed by atoms with van der Waals surface area (Å²) in [6.07, 6.45) is -14.6. The number of aliphatic hydroxyl groups is 10. The molecule has 18 nitrogen and oxygen atoms in total. The number of allylic oxidation sites excluding steroid dienone is 1. The normalized spacial score (nSPS) is 58.9. The van der Waals surface area contributed by atoms with E-state index in [9.17, 15) is 51.1 Å². The van der Waals surface area contributed by atoms with Crippen molar-refractivity contribution in [1.82, 2.24) is 0 Å². The molecule has 0 radical (unpaired) electrons. The van der Waals surface area contributed by atoms with Gasteiger partial charge in [0.25, 0.3) is 0 Å². The van der Waals surface area contributed by atoms with Gasteiger partial charge in [-0.3, -0.25) is 0 Å². The maximum Gasteiger partial charge on any atom is 0.200 e. The van der Waals surface area contributed by atoms with Crippen molar-refractivity contribution < 1.29 is 89.0 Å². The number of aliphatic hydroxyl groups excluding tert-OH is 9. The van der Waals surface area contributed by atoms with Crippen LogP contribution in [0, 0.1) is 40.4 Å². The van der Waals surface area contributed by atoms with Crippen LogP contribution in [-0.4, -0.2) is 187 Å². The van der Waals surface area contributed by atoms with Crippen molar-refractivity contribution >= 4 is 0 Å². The molecule has 9 aliphatic rings. The summed E-state index contributed by atoms with van der Waals surface area (Å²) >= 11 is 0. The van der Waals surface area contributed by atoms with Crippen LogP contribution >= 0.6 is 0 Å². The standard InChI is InChI=1S/C44H70O18/c1-18-12-28(47)44(56-16-18)20(3)43(54)29(62-44)14-25-23-7-6-21-13-22(8-10-41(21,4)24(23)9-11-42(25,43)5)58-40-37(61-39-35(53)33(51)30(48)19(2)57-39)36(32(50)27(15-45)59-40)60-38-34(52)31(49)26(46)17-55-38/h6,18-20,22-40,45-54H,7-17H2,1-5H3. The van der Waals surface area contributed by atoms with Crippen LogP contribution in [0.5, 0.6) is 0 Å². The largest absolute Gasteiger partial charge is 0.394 e. The zero-order valence-electron chi connectivity index (χ0n) is 36.3. The van der Waals surface area contributed by atoms with Crippen LogP contribution in [0.15, 0.2) is 11.6 Å². The number of hydrogen-bond acceptors (Lipinski definition) is 18. The summed E-state index contributed by atoms with van der Waals surface area (Å²) < 4.78 is 49.5. The molecule has 1 spiro atoms. The van der Waals surface area contributed by atoms with Crippen molar-refractivity contribution in [1.29, 1.82) is 0 Å². The molecule has 26 unspecified atom stereocenters. The first-order chi connectivity index (χ1) is 29.3. The lowest BCUT2D eigenvalue weighted by molar-refractivity contribution is -0.390. The lowest BCUT2D eigenvalue weighted by Gasteiger charge is -2.60. The lowest BCUT2D eigenvalue weighted by atomic mass is 9.46. The molecule has 3 saturated carbocycles. The molecule has 0 aromatic heterocycles. The molecule has 10 N–H and O–H groups in total. The fourth-order valence-electron chi connectivity index (χ4n) is 13.8. The zero-order chi connectivity index (χ0) is 44.4. The predicted molar refractivity (Wildman–Crippen MR) is 211 cm³/mol. The van der Waals surface area contributed by atoms with Crippen LogP contribution in [0.25, 0.3) is 0 Å². The second kappa shape index (κ2) is 16.7. The third-order valence-electron chi connectivity index (χ3n) is 17.6. The van der Waals surface area contributed by atoms with Gasteiger partial charge < -0.3 is 89.0 Å². The van der Waals surface area contributed by atoms with Crippen molar-refractivity contribution in [3.63, 3.8) is 0 Å². The number of hydrogen-bond donors (Lipinski definition) is 10. The first-order valence-corrected chi connectivity index (χ1v) is 23.0. The van der Waals surface area contributed by atoms with Gasteiger partial charge in [0.15, 0.2) is 24.7 Å². The molecule has 18 heteroatoms. The quantitative estimate of drug-likeness (QED) is 0.137. The molecule has 5 aliphatic heterocycles. The van der Waals surface area contributed by atoms with Crippen molar-refractivity contribution in [2.24, 2.45) is 40.4 Å².